The third kappa shape index (κ3) is 2.44. The van der Waals surface area contributed by atoms with Gasteiger partial charge in [0.1, 0.15) is 5.75 Å². The van der Waals surface area contributed by atoms with Crippen molar-refractivity contribution in [3.8, 4) is 5.75 Å². The zero-order valence-electron chi connectivity index (χ0n) is 12.9. The Balaban J connectivity index is 1.73. The summed E-state index contributed by atoms with van der Waals surface area (Å²) in [5, 5.41) is 3.82. The molecule has 0 spiro atoms. The fourth-order valence-corrected chi connectivity index (χ4v) is 2.65. The highest BCUT2D eigenvalue weighted by molar-refractivity contribution is 6.09. The van der Waals surface area contributed by atoms with Crippen molar-refractivity contribution in [1.82, 2.24) is 15.0 Å². The normalized spacial score (nSPS) is 10.9. The summed E-state index contributed by atoms with van der Waals surface area (Å²) in [5.41, 5.74) is 3.50. The van der Waals surface area contributed by atoms with Crippen LogP contribution in [0.25, 0.3) is 21.9 Å². The minimum absolute atomic E-state index is 0.216. The first-order valence-corrected chi connectivity index (χ1v) is 7.42. The SMILES string of the molecule is COc1cc(NC(=O)c2ccc3nc[nH]c3c2)c2ncccc2c1. The van der Waals surface area contributed by atoms with Gasteiger partial charge in [-0.1, -0.05) is 6.07 Å². The van der Waals surface area contributed by atoms with Crippen molar-refractivity contribution in [1.29, 1.82) is 0 Å². The second-order valence-corrected chi connectivity index (χ2v) is 5.34. The van der Waals surface area contributed by atoms with Crippen LogP contribution in [0.4, 0.5) is 5.69 Å². The third-order valence-corrected chi connectivity index (χ3v) is 3.84. The number of benzene rings is 2. The van der Waals surface area contributed by atoms with Crippen molar-refractivity contribution in [3.63, 3.8) is 0 Å². The zero-order valence-corrected chi connectivity index (χ0v) is 12.9. The van der Waals surface area contributed by atoms with Gasteiger partial charge in [-0.25, -0.2) is 4.98 Å². The van der Waals surface area contributed by atoms with E-state index < -0.39 is 0 Å². The van der Waals surface area contributed by atoms with Gasteiger partial charge in [0.2, 0.25) is 0 Å². The molecule has 6 heteroatoms. The van der Waals surface area contributed by atoms with Gasteiger partial charge in [0.05, 0.1) is 35.7 Å². The summed E-state index contributed by atoms with van der Waals surface area (Å²) in [4.78, 5) is 24.1. The molecule has 0 radical (unpaired) electrons. The molecule has 0 saturated carbocycles. The first-order valence-electron chi connectivity index (χ1n) is 7.42. The number of anilines is 1. The van der Waals surface area contributed by atoms with E-state index in [-0.39, 0.29) is 5.91 Å². The summed E-state index contributed by atoms with van der Waals surface area (Å²) in [6.45, 7) is 0. The first-order chi connectivity index (χ1) is 11.7. The van der Waals surface area contributed by atoms with Crippen molar-refractivity contribution in [2.75, 3.05) is 12.4 Å². The van der Waals surface area contributed by atoms with Crippen LogP contribution >= 0.6 is 0 Å². The lowest BCUT2D eigenvalue weighted by atomic mass is 10.1. The molecule has 0 unspecified atom stereocenters. The molecule has 0 saturated heterocycles. The molecular formula is C18H14N4O2. The summed E-state index contributed by atoms with van der Waals surface area (Å²) < 4.78 is 5.31. The molecule has 0 aliphatic heterocycles. The molecule has 0 atom stereocenters. The Kier molecular flexibility index (Phi) is 3.35. The van der Waals surface area contributed by atoms with E-state index >= 15 is 0 Å². The molecule has 2 aromatic heterocycles. The number of pyridine rings is 1. The lowest BCUT2D eigenvalue weighted by Gasteiger charge is -2.10. The smallest absolute Gasteiger partial charge is 0.255 e. The number of H-pyrrole nitrogens is 1. The highest BCUT2D eigenvalue weighted by atomic mass is 16.5. The van der Waals surface area contributed by atoms with Gasteiger partial charge in [0, 0.05) is 23.2 Å². The topological polar surface area (TPSA) is 79.9 Å². The molecule has 0 fully saturated rings. The molecule has 1 amide bonds. The Morgan fingerprint density at radius 1 is 1.17 bits per heavy atom. The van der Waals surface area contributed by atoms with E-state index in [1.807, 2.05) is 24.3 Å². The molecular weight excluding hydrogens is 304 g/mol. The van der Waals surface area contributed by atoms with E-state index in [1.54, 1.807) is 37.8 Å². The highest BCUT2D eigenvalue weighted by Crippen LogP contribution is 2.28. The third-order valence-electron chi connectivity index (χ3n) is 3.84. The molecule has 2 heterocycles. The van der Waals surface area contributed by atoms with Crippen LogP contribution in [0.5, 0.6) is 5.75 Å². The molecule has 6 nitrogen and oxygen atoms in total. The van der Waals surface area contributed by atoms with E-state index in [1.165, 1.54) is 0 Å². The fourth-order valence-electron chi connectivity index (χ4n) is 2.65. The second-order valence-electron chi connectivity index (χ2n) is 5.34. The molecule has 4 aromatic rings. The molecule has 2 aromatic carbocycles. The monoisotopic (exact) mass is 318 g/mol. The molecule has 0 aliphatic carbocycles. The Morgan fingerprint density at radius 2 is 2.08 bits per heavy atom. The van der Waals surface area contributed by atoms with Crippen LogP contribution in [0.2, 0.25) is 0 Å². The number of aromatic nitrogens is 3. The number of nitrogens with zero attached hydrogens (tertiary/aromatic N) is 2. The molecule has 4 rings (SSSR count). The van der Waals surface area contributed by atoms with Crippen molar-refractivity contribution in [3.05, 3.63) is 60.6 Å². The number of rotatable bonds is 3. The number of methoxy groups -OCH3 is 1. The van der Waals surface area contributed by atoms with Gasteiger partial charge in [-0.3, -0.25) is 9.78 Å². The summed E-state index contributed by atoms with van der Waals surface area (Å²) >= 11 is 0. The predicted octanol–water partition coefficient (Wildman–Crippen LogP) is 3.37. The van der Waals surface area contributed by atoms with Gasteiger partial charge >= 0.3 is 0 Å². The zero-order chi connectivity index (χ0) is 16.5. The summed E-state index contributed by atoms with van der Waals surface area (Å²) in [6.07, 6.45) is 3.30. The van der Waals surface area contributed by atoms with Gasteiger partial charge in [0.15, 0.2) is 0 Å². The van der Waals surface area contributed by atoms with Crippen LogP contribution in [0.3, 0.4) is 0 Å². The Bertz CT molecular complexity index is 1060. The number of amides is 1. The lowest BCUT2D eigenvalue weighted by Crippen LogP contribution is -2.12. The minimum Gasteiger partial charge on any atom is -0.497 e. The summed E-state index contributed by atoms with van der Waals surface area (Å²) in [7, 11) is 1.59. The van der Waals surface area contributed by atoms with Crippen molar-refractivity contribution in [2.24, 2.45) is 0 Å². The number of ether oxygens (including phenoxy) is 1. The number of carbonyl (C=O) groups excluding carboxylic acids is 1. The van der Waals surface area contributed by atoms with Crippen molar-refractivity contribution >= 4 is 33.5 Å². The Morgan fingerprint density at radius 3 is 2.96 bits per heavy atom. The van der Waals surface area contributed by atoms with Crippen molar-refractivity contribution < 1.29 is 9.53 Å². The molecule has 0 aliphatic rings. The average Bonchev–Trinajstić information content (AvgIpc) is 3.09. The Labute approximate surface area is 137 Å². The van der Waals surface area contributed by atoms with Gasteiger partial charge in [-0.15, -0.1) is 0 Å². The number of carbonyl (C=O) groups is 1. The van der Waals surface area contributed by atoms with Crippen LogP contribution in [0.1, 0.15) is 10.4 Å². The second kappa shape index (κ2) is 5.66. The summed E-state index contributed by atoms with van der Waals surface area (Å²) in [6, 6.07) is 12.7. The number of fused-ring (bicyclic) bond motifs is 2. The predicted molar refractivity (Wildman–Crippen MR) is 92.3 cm³/mol. The fraction of sp³-hybridized carbons (Fsp3) is 0.0556. The number of hydrogen-bond donors (Lipinski definition) is 2. The molecule has 0 bridgehead atoms. The summed E-state index contributed by atoms with van der Waals surface area (Å²) in [5.74, 6) is 0.446. The van der Waals surface area contributed by atoms with Crippen LogP contribution < -0.4 is 10.1 Å². The van der Waals surface area contributed by atoms with Crippen LogP contribution in [-0.2, 0) is 0 Å². The van der Waals surface area contributed by atoms with E-state index in [2.05, 4.69) is 20.3 Å². The van der Waals surface area contributed by atoms with E-state index in [0.29, 0.717) is 22.5 Å². The van der Waals surface area contributed by atoms with Gasteiger partial charge in [-0.05, 0) is 30.3 Å². The highest BCUT2D eigenvalue weighted by Gasteiger charge is 2.12. The molecule has 118 valence electrons. The quantitative estimate of drug-likeness (QED) is 0.607. The van der Waals surface area contributed by atoms with Gasteiger partial charge in [-0.2, -0.15) is 0 Å². The van der Waals surface area contributed by atoms with Crippen LogP contribution in [-0.4, -0.2) is 28.0 Å². The maximum absolute atomic E-state index is 12.6. The van der Waals surface area contributed by atoms with E-state index in [4.69, 9.17) is 4.74 Å². The number of aromatic amines is 1. The molecule has 24 heavy (non-hydrogen) atoms. The van der Waals surface area contributed by atoms with Gasteiger partial charge < -0.3 is 15.0 Å². The number of hydrogen-bond acceptors (Lipinski definition) is 4. The van der Waals surface area contributed by atoms with E-state index in [0.717, 1.165) is 16.4 Å². The number of nitrogens with one attached hydrogen (secondary N) is 2. The number of imidazole rings is 1. The minimum atomic E-state index is -0.216. The van der Waals surface area contributed by atoms with Crippen molar-refractivity contribution in [2.45, 2.75) is 0 Å². The average molecular weight is 318 g/mol. The standard InChI is InChI=1S/C18H14N4O2/c1-24-13-7-11-3-2-6-19-17(11)16(9-13)22-18(23)12-4-5-14-15(8-12)21-10-20-14/h2-10H,1H3,(H,20,21)(H,22,23). The van der Waals surface area contributed by atoms with Gasteiger partial charge in [0.25, 0.3) is 5.91 Å². The maximum Gasteiger partial charge on any atom is 0.255 e. The molecule has 2 N–H and O–H groups in total. The van der Waals surface area contributed by atoms with Crippen LogP contribution in [0, 0.1) is 0 Å². The lowest BCUT2D eigenvalue weighted by molar-refractivity contribution is 0.102. The Hall–Kier alpha value is -3.41. The largest absolute Gasteiger partial charge is 0.497 e. The van der Waals surface area contributed by atoms with Crippen LogP contribution in [0.15, 0.2) is 55.0 Å². The maximum atomic E-state index is 12.6. The first kappa shape index (κ1) is 14.2. The van der Waals surface area contributed by atoms with E-state index in [9.17, 15) is 4.79 Å².